The summed E-state index contributed by atoms with van der Waals surface area (Å²) in [5.41, 5.74) is 0. The molecule has 0 N–H and O–H groups in total. The maximum Gasteiger partial charge on any atom is 0.158 e. The minimum absolute atomic E-state index is 0.0996. The molecule has 0 amide bonds. The first-order valence-corrected chi connectivity index (χ1v) is 5.83. The van der Waals surface area contributed by atoms with Crippen LogP contribution in [0.5, 0.6) is 0 Å². The minimum atomic E-state index is -0.272. The third-order valence-corrected chi connectivity index (χ3v) is 2.41. The van der Waals surface area contributed by atoms with Gasteiger partial charge in [0, 0.05) is 7.11 Å². The van der Waals surface area contributed by atoms with Crippen LogP contribution in [0.15, 0.2) is 0 Å². The van der Waals surface area contributed by atoms with Gasteiger partial charge in [-0.15, -0.1) is 0 Å². The van der Waals surface area contributed by atoms with E-state index < -0.39 is 0 Å². The fraction of sp³-hybridized carbons (Fsp3) is 0.917. The highest BCUT2D eigenvalue weighted by atomic mass is 16.7. The molecular weight excluding hydrogens is 192 g/mol. The molecule has 0 aliphatic rings. The predicted molar refractivity (Wildman–Crippen MR) is 60.8 cm³/mol. The van der Waals surface area contributed by atoms with Gasteiger partial charge in [0.05, 0.1) is 0 Å². The van der Waals surface area contributed by atoms with Crippen LogP contribution in [0.2, 0.25) is 0 Å². The molecule has 0 radical (unpaired) electrons. The Balaban J connectivity index is 3.53. The van der Waals surface area contributed by atoms with Crippen molar-refractivity contribution in [1.29, 1.82) is 0 Å². The second-order valence-corrected chi connectivity index (χ2v) is 3.88. The van der Waals surface area contributed by atoms with Crippen molar-refractivity contribution in [2.24, 2.45) is 0 Å². The summed E-state index contributed by atoms with van der Waals surface area (Å²) in [6.45, 7) is 3.98. The summed E-state index contributed by atoms with van der Waals surface area (Å²) in [4.78, 5) is 11.2. The molecule has 0 unspecified atom stereocenters. The van der Waals surface area contributed by atoms with Crippen molar-refractivity contribution in [2.75, 3.05) is 13.9 Å². The summed E-state index contributed by atoms with van der Waals surface area (Å²) in [6, 6.07) is 0. The molecule has 0 aliphatic carbocycles. The standard InChI is InChI=1S/C12H24O3/c1-4-5-6-7-8-9-12(11(2)13)15-10-14-3/h12H,4-10H2,1-3H3/t12-/m0/s1. The zero-order chi connectivity index (χ0) is 11.5. The Morgan fingerprint density at radius 2 is 1.87 bits per heavy atom. The fourth-order valence-corrected chi connectivity index (χ4v) is 1.49. The van der Waals surface area contributed by atoms with Crippen molar-refractivity contribution in [2.45, 2.75) is 58.5 Å². The Morgan fingerprint density at radius 1 is 1.20 bits per heavy atom. The highest BCUT2D eigenvalue weighted by molar-refractivity contribution is 5.80. The lowest BCUT2D eigenvalue weighted by Crippen LogP contribution is -2.22. The van der Waals surface area contributed by atoms with Crippen molar-refractivity contribution in [1.82, 2.24) is 0 Å². The Hall–Kier alpha value is -0.410. The second kappa shape index (κ2) is 10.1. The van der Waals surface area contributed by atoms with Crippen LogP contribution in [-0.4, -0.2) is 25.8 Å². The molecule has 0 bridgehead atoms. The number of ketones is 1. The van der Waals surface area contributed by atoms with E-state index in [-0.39, 0.29) is 18.7 Å². The van der Waals surface area contributed by atoms with Gasteiger partial charge in [0.1, 0.15) is 12.9 Å². The Labute approximate surface area is 93.1 Å². The molecule has 0 rings (SSSR count). The molecular formula is C12H24O3. The number of methoxy groups -OCH3 is 1. The molecule has 0 aromatic carbocycles. The first kappa shape index (κ1) is 14.6. The second-order valence-electron chi connectivity index (χ2n) is 3.88. The monoisotopic (exact) mass is 216 g/mol. The lowest BCUT2D eigenvalue weighted by Gasteiger charge is -2.13. The van der Waals surface area contributed by atoms with E-state index in [9.17, 15) is 4.79 Å². The maximum absolute atomic E-state index is 11.2. The molecule has 90 valence electrons. The van der Waals surface area contributed by atoms with Gasteiger partial charge in [0.25, 0.3) is 0 Å². The summed E-state index contributed by atoms with van der Waals surface area (Å²) in [7, 11) is 1.57. The van der Waals surface area contributed by atoms with Gasteiger partial charge < -0.3 is 9.47 Å². The predicted octanol–water partition coefficient (Wildman–Crippen LogP) is 2.93. The number of carbonyl (C=O) groups is 1. The number of hydrogen-bond donors (Lipinski definition) is 0. The topological polar surface area (TPSA) is 35.5 Å². The van der Waals surface area contributed by atoms with Crippen LogP contribution in [0.1, 0.15) is 52.4 Å². The van der Waals surface area contributed by atoms with Crippen molar-refractivity contribution in [3.05, 3.63) is 0 Å². The first-order valence-electron chi connectivity index (χ1n) is 5.83. The van der Waals surface area contributed by atoms with E-state index >= 15 is 0 Å². The number of unbranched alkanes of at least 4 members (excludes halogenated alkanes) is 4. The molecule has 0 aromatic heterocycles. The molecule has 15 heavy (non-hydrogen) atoms. The van der Waals surface area contributed by atoms with Crippen LogP contribution in [0.25, 0.3) is 0 Å². The van der Waals surface area contributed by atoms with Gasteiger partial charge in [-0.2, -0.15) is 0 Å². The van der Waals surface area contributed by atoms with Crippen molar-refractivity contribution < 1.29 is 14.3 Å². The molecule has 0 aliphatic heterocycles. The van der Waals surface area contributed by atoms with Gasteiger partial charge in [-0.3, -0.25) is 4.79 Å². The van der Waals surface area contributed by atoms with Gasteiger partial charge in [-0.1, -0.05) is 39.0 Å². The Bertz CT molecular complexity index is 157. The summed E-state index contributed by atoms with van der Waals surface area (Å²) >= 11 is 0. The molecule has 1 atom stereocenters. The SMILES string of the molecule is CCCCCCC[C@H](OCOC)C(C)=O. The molecule has 0 saturated carbocycles. The number of ether oxygens (including phenoxy) is 2. The minimum Gasteiger partial charge on any atom is -0.359 e. The van der Waals surface area contributed by atoms with Crippen LogP contribution in [0, 0.1) is 0 Å². The molecule has 0 spiro atoms. The highest BCUT2D eigenvalue weighted by Crippen LogP contribution is 2.10. The van der Waals surface area contributed by atoms with Gasteiger partial charge in [0.2, 0.25) is 0 Å². The summed E-state index contributed by atoms with van der Waals surface area (Å²) in [6.07, 6.45) is 6.59. The first-order chi connectivity index (χ1) is 7.22. The number of carbonyl (C=O) groups excluding carboxylic acids is 1. The van der Waals surface area contributed by atoms with E-state index in [0.717, 1.165) is 12.8 Å². The van der Waals surface area contributed by atoms with Gasteiger partial charge in [-0.25, -0.2) is 0 Å². The van der Waals surface area contributed by atoms with Crippen LogP contribution in [0.3, 0.4) is 0 Å². The van der Waals surface area contributed by atoms with Crippen molar-refractivity contribution in [3.8, 4) is 0 Å². The Morgan fingerprint density at radius 3 is 2.40 bits per heavy atom. The maximum atomic E-state index is 11.2. The van der Waals surface area contributed by atoms with E-state index in [2.05, 4.69) is 6.92 Å². The van der Waals surface area contributed by atoms with Crippen LogP contribution in [-0.2, 0) is 14.3 Å². The Kier molecular flexibility index (Phi) is 9.84. The molecule has 0 saturated heterocycles. The lowest BCUT2D eigenvalue weighted by atomic mass is 10.1. The van der Waals surface area contributed by atoms with E-state index in [1.807, 2.05) is 0 Å². The van der Waals surface area contributed by atoms with Crippen LogP contribution < -0.4 is 0 Å². The van der Waals surface area contributed by atoms with Crippen LogP contribution >= 0.6 is 0 Å². The quantitative estimate of drug-likeness (QED) is 0.416. The van der Waals surface area contributed by atoms with E-state index in [1.165, 1.54) is 25.7 Å². The van der Waals surface area contributed by atoms with Gasteiger partial charge in [0.15, 0.2) is 5.78 Å². The molecule has 3 nitrogen and oxygen atoms in total. The van der Waals surface area contributed by atoms with E-state index in [0.29, 0.717) is 0 Å². The summed E-state index contributed by atoms with van der Waals surface area (Å²) < 4.78 is 10.1. The smallest absolute Gasteiger partial charge is 0.158 e. The average molecular weight is 216 g/mol. The molecule has 0 fully saturated rings. The number of Topliss-reactive ketones (excluding diaryl/α,β-unsaturated/α-hetero) is 1. The zero-order valence-electron chi connectivity index (χ0n) is 10.3. The zero-order valence-corrected chi connectivity index (χ0v) is 10.3. The number of rotatable bonds is 10. The van der Waals surface area contributed by atoms with Gasteiger partial charge >= 0.3 is 0 Å². The third-order valence-electron chi connectivity index (χ3n) is 2.41. The average Bonchev–Trinajstić information content (AvgIpc) is 2.21. The molecule has 0 aromatic rings. The fourth-order valence-electron chi connectivity index (χ4n) is 1.49. The molecule has 0 heterocycles. The largest absolute Gasteiger partial charge is 0.359 e. The summed E-state index contributed by atoms with van der Waals surface area (Å²) in [5.74, 6) is 0.0996. The number of hydrogen-bond acceptors (Lipinski definition) is 3. The van der Waals surface area contributed by atoms with Crippen molar-refractivity contribution in [3.63, 3.8) is 0 Å². The normalized spacial score (nSPS) is 12.7. The molecule has 3 heteroatoms. The lowest BCUT2D eigenvalue weighted by molar-refractivity contribution is -0.138. The summed E-state index contributed by atoms with van der Waals surface area (Å²) in [5, 5.41) is 0. The third kappa shape index (κ3) is 8.58. The highest BCUT2D eigenvalue weighted by Gasteiger charge is 2.13. The van der Waals surface area contributed by atoms with Crippen molar-refractivity contribution >= 4 is 5.78 Å². The van der Waals surface area contributed by atoms with Crippen LogP contribution in [0.4, 0.5) is 0 Å². The van der Waals surface area contributed by atoms with Gasteiger partial charge in [-0.05, 0) is 13.3 Å². The van der Waals surface area contributed by atoms with E-state index in [4.69, 9.17) is 9.47 Å². The van der Waals surface area contributed by atoms with E-state index in [1.54, 1.807) is 14.0 Å².